The van der Waals surface area contributed by atoms with Crippen LogP contribution in [0.4, 0.5) is 0 Å². The minimum absolute atomic E-state index is 0. The molecule has 1 atom stereocenters. The molecule has 1 unspecified atom stereocenters. The average Bonchev–Trinajstić information content (AvgIpc) is 2.05. The monoisotopic (exact) mass is 251 g/mol. The third-order valence-corrected chi connectivity index (χ3v) is 2.87. The average molecular weight is 249 g/mol. The second-order valence-corrected chi connectivity index (χ2v) is 3.27. The molecule has 0 saturated carbocycles. The number of rotatable bonds is 2. The van der Waals surface area contributed by atoms with E-state index in [4.69, 9.17) is 0 Å². The molecule has 2 heteroatoms. The van der Waals surface area contributed by atoms with E-state index >= 15 is 0 Å². The van der Waals surface area contributed by atoms with Crippen molar-refractivity contribution in [1.82, 2.24) is 4.98 Å². The Kier molecular flexibility index (Phi) is 3.18. The SMILES string of the molecule is CC(C[Te])c1ccccn1.[H+]. The third-order valence-electron chi connectivity index (χ3n) is 1.44. The molecule has 0 N–H and O–H groups in total. The van der Waals surface area contributed by atoms with Gasteiger partial charge in [-0.05, 0) is 0 Å². The summed E-state index contributed by atoms with van der Waals surface area (Å²) in [5.74, 6) is 0.603. The molecular weight excluding hydrogens is 238 g/mol. The number of pyridine rings is 1. The van der Waals surface area contributed by atoms with Gasteiger partial charge in [0.05, 0.1) is 0 Å². The standard InChI is InChI=1S/C8H10NTe/c1-7(6-10)8-4-2-3-5-9-8/h2-5,7H,6H2,1H3/p+1. The maximum Gasteiger partial charge on any atom is 1.00 e. The Bertz CT molecular complexity index is 191. The van der Waals surface area contributed by atoms with Crippen molar-refractivity contribution in [2.24, 2.45) is 0 Å². The smallest absolute Gasteiger partial charge is 1.00 e. The number of aromatic nitrogens is 1. The quantitative estimate of drug-likeness (QED) is 0.729. The van der Waals surface area contributed by atoms with Crippen LogP contribution >= 0.6 is 0 Å². The topological polar surface area (TPSA) is 12.9 Å². The summed E-state index contributed by atoms with van der Waals surface area (Å²) in [5, 5.41) is 0. The first-order valence-corrected chi connectivity index (χ1v) is 4.98. The minimum atomic E-state index is 0. The predicted octanol–water partition coefficient (Wildman–Crippen LogP) is 1.88. The van der Waals surface area contributed by atoms with E-state index in [1.165, 1.54) is 10.2 Å². The number of nitrogens with zero attached hydrogens (tertiary/aromatic N) is 1. The molecular formula is C8H11NTe+. The van der Waals surface area contributed by atoms with Gasteiger partial charge < -0.3 is 0 Å². The first-order valence-electron chi connectivity index (χ1n) is 3.33. The molecule has 0 aliphatic carbocycles. The second kappa shape index (κ2) is 3.95. The molecule has 0 aliphatic heterocycles. The molecule has 0 bridgehead atoms. The van der Waals surface area contributed by atoms with E-state index in [0.29, 0.717) is 5.92 Å². The van der Waals surface area contributed by atoms with Crippen LogP contribution in [-0.4, -0.2) is 27.3 Å². The minimum Gasteiger partial charge on any atom is 1.00 e. The van der Waals surface area contributed by atoms with Crippen molar-refractivity contribution in [2.75, 3.05) is 0 Å². The molecule has 0 aromatic carbocycles. The van der Waals surface area contributed by atoms with E-state index in [0.717, 1.165) is 0 Å². The van der Waals surface area contributed by atoms with Gasteiger partial charge in [0.1, 0.15) is 0 Å². The molecule has 10 heavy (non-hydrogen) atoms. The van der Waals surface area contributed by atoms with E-state index in [2.05, 4.69) is 40.3 Å². The molecule has 1 nitrogen and oxygen atoms in total. The molecule has 0 saturated heterocycles. The van der Waals surface area contributed by atoms with E-state index in [-0.39, 0.29) is 1.43 Å². The molecule has 53 valence electrons. The summed E-state index contributed by atoms with van der Waals surface area (Å²) < 4.78 is 1.17. The van der Waals surface area contributed by atoms with Gasteiger partial charge in [-0.25, -0.2) is 0 Å². The van der Waals surface area contributed by atoms with Crippen LogP contribution in [-0.2, 0) is 0 Å². The van der Waals surface area contributed by atoms with Gasteiger partial charge in [-0.15, -0.1) is 0 Å². The largest absolute Gasteiger partial charge is 1.00 e. The van der Waals surface area contributed by atoms with Crippen molar-refractivity contribution < 1.29 is 1.43 Å². The zero-order valence-electron chi connectivity index (χ0n) is 6.95. The van der Waals surface area contributed by atoms with Crippen molar-refractivity contribution in [3.63, 3.8) is 0 Å². The molecule has 0 amide bonds. The molecule has 0 fully saturated rings. The Morgan fingerprint density at radius 1 is 1.70 bits per heavy atom. The zero-order chi connectivity index (χ0) is 7.40. The summed E-state index contributed by atoms with van der Waals surface area (Å²) in [5.41, 5.74) is 1.20. The van der Waals surface area contributed by atoms with Gasteiger partial charge in [0, 0.05) is 0 Å². The van der Waals surface area contributed by atoms with Gasteiger partial charge in [0.2, 0.25) is 0 Å². The van der Waals surface area contributed by atoms with Gasteiger partial charge in [0.25, 0.3) is 0 Å². The van der Waals surface area contributed by atoms with Crippen LogP contribution in [0.1, 0.15) is 20.0 Å². The van der Waals surface area contributed by atoms with Crippen LogP contribution < -0.4 is 0 Å². The van der Waals surface area contributed by atoms with Crippen LogP contribution in [0.25, 0.3) is 0 Å². The fraction of sp³-hybridized carbons (Fsp3) is 0.375. The number of hydrogen-bond acceptors (Lipinski definition) is 1. The summed E-state index contributed by atoms with van der Waals surface area (Å²) >= 11 is 2.11. The molecule has 1 aromatic heterocycles. The van der Waals surface area contributed by atoms with Gasteiger partial charge in [-0.1, -0.05) is 0 Å². The van der Waals surface area contributed by atoms with Crippen molar-refractivity contribution in [1.29, 1.82) is 0 Å². The van der Waals surface area contributed by atoms with Crippen LogP contribution in [0.15, 0.2) is 24.4 Å². The molecule has 1 aromatic rings. The summed E-state index contributed by atoms with van der Waals surface area (Å²) in [6, 6.07) is 6.07. The second-order valence-electron chi connectivity index (χ2n) is 2.32. The van der Waals surface area contributed by atoms with Gasteiger partial charge in [-0.3, -0.25) is 0 Å². The maximum absolute atomic E-state index is 4.25. The maximum atomic E-state index is 4.25. The Morgan fingerprint density at radius 2 is 2.50 bits per heavy atom. The Hall–Kier alpha value is -0.0604. The van der Waals surface area contributed by atoms with Crippen molar-refractivity contribution in [2.45, 2.75) is 17.3 Å². The fourth-order valence-corrected chi connectivity index (χ4v) is 1.24. The van der Waals surface area contributed by atoms with Crippen LogP contribution in [0.2, 0.25) is 4.47 Å². The van der Waals surface area contributed by atoms with E-state index in [1.807, 2.05) is 18.3 Å². The Balaban J connectivity index is 0.000001000. The van der Waals surface area contributed by atoms with E-state index in [1.54, 1.807) is 0 Å². The summed E-state index contributed by atoms with van der Waals surface area (Å²) in [6.45, 7) is 2.20. The normalized spacial score (nSPS) is 13.0. The molecule has 1 heterocycles. The Labute approximate surface area is 76.3 Å². The number of hydrogen-bond donors (Lipinski definition) is 0. The summed E-state index contributed by atoms with van der Waals surface area (Å²) in [7, 11) is 0. The molecule has 0 aliphatic rings. The predicted molar refractivity (Wildman–Crippen MR) is 44.3 cm³/mol. The molecule has 0 spiro atoms. The van der Waals surface area contributed by atoms with E-state index in [9.17, 15) is 0 Å². The Morgan fingerprint density at radius 3 is 3.00 bits per heavy atom. The third kappa shape index (κ3) is 1.97. The van der Waals surface area contributed by atoms with Crippen molar-refractivity contribution in [3.8, 4) is 0 Å². The van der Waals surface area contributed by atoms with Crippen molar-refractivity contribution >= 4 is 22.3 Å². The first kappa shape index (κ1) is 8.04. The fourth-order valence-electron chi connectivity index (χ4n) is 0.753. The van der Waals surface area contributed by atoms with E-state index < -0.39 is 0 Å². The van der Waals surface area contributed by atoms with Crippen molar-refractivity contribution in [3.05, 3.63) is 30.1 Å². The van der Waals surface area contributed by atoms with Crippen LogP contribution in [0.5, 0.6) is 0 Å². The first-order chi connectivity index (χ1) is 4.84. The van der Waals surface area contributed by atoms with Gasteiger partial charge in [-0.2, -0.15) is 0 Å². The molecule has 1 rings (SSSR count). The van der Waals surface area contributed by atoms with Crippen LogP contribution in [0.3, 0.4) is 0 Å². The van der Waals surface area contributed by atoms with Gasteiger partial charge >= 0.3 is 76.1 Å². The zero-order valence-corrected chi connectivity index (χ0v) is 8.28. The summed E-state index contributed by atoms with van der Waals surface area (Å²) in [4.78, 5) is 4.25. The van der Waals surface area contributed by atoms with Crippen LogP contribution in [0, 0.1) is 0 Å². The van der Waals surface area contributed by atoms with Gasteiger partial charge in [0.15, 0.2) is 0 Å². The summed E-state index contributed by atoms with van der Waals surface area (Å²) in [6.07, 6.45) is 1.85. The molecule has 1 radical (unpaired) electrons.